The lowest BCUT2D eigenvalue weighted by Crippen LogP contribution is -2.38. The molecule has 0 atom stereocenters. The Morgan fingerprint density at radius 1 is 1.23 bits per heavy atom. The highest BCUT2D eigenvalue weighted by Crippen LogP contribution is 2.27. The molecule has 0 saturated carbocycles. The van der Waals surface area contributed by atoms with Gasteiger partial charge in [-0.1, -0.05) is 28.4 Å². The molecule has 1 amide bonds. The van der Waals surface area contributed by atoms with Crippen molar-refractivity contribution in [3.05, 3.63) is 45.8 Å². The highest BCUT2D eigenvalue weighted by molar-refractivity contribution is 6.35. The van der Waals surface area contributed by atoms with Crippen molar-refractivity contribution in [1.82, 2.24) is 15.0 Å². The number of aryl methyl sites for hydroxylation is 1. The molecule has 1 aliphatic rings. The molecule has 1 aromatic carbocycles. The van der Waals surface area contributed by atoms with Gasteiger partial charge in [-0.05, 0) is 31.5 Å². The maximum absolute atomic E-state index is 12.5. The van der Waals surface area contributed by atoms with Gasteiger partial charge in [-0.3, -0.25) is 9.69 Å². The van der Waals surface area contributed by atoms with Gasteiger partial charge in [0, 0.05) is 43.8 Å². The van der Waals surface area contributed by atoms with E-state index in [9.17, 15) is 4.79 Å². The van der Waals surface area contributed by atoms with Crippen LogP contribution < -0.4 is 4.74 Å². The summed E-state index contributed by atoms with van der Waals surface area (Å²) < 4.78 is 10.7. The average molecular weight is 398 g/mol. The Kier molecular flexibility index (Phi) is 6.40. The van der Waals surface area contributed by atoms with Gasteiger partial charge in [0.1, 0.15) is 11.5 Å². The summed E-state index contributed by atoms with van der Waals surface area (Å²) in [5, 5.41) is 4.96. The number of rotatable bonds is 5. The van der Waals surface area contributed by atoms with Gasteiger partial charge in [0.2, 0.25) is 0 Å². The minimum Gasteiger partial charge on any atom is -0.482 e. The van der Waals surface area contributed by atoms with Crippen LogP contribution in [0.3, 0.4) is 0 Å². The first-order valence-corrected chi connectivity index (χ1v) is 9.27. The van der Waals surface area contributed by atoms with E-state index in [4.69, 9.17) is 32.5 Å². The number of carbonyl (C=O) groups excluding carboxylic acids is 1. The van der Waals surface area contributed by atoms with Crippen molar-refractivity contribution in [3.63, 3.8) is 0 Å². The number of hydrogen-bond donors (Lipinski definition) is 0. The van der Waals surface area contributed by atoms with Crippen LogP contribution in [0.1, 0.15) is 17.9 Å². The van der Waals surface area contributed by atoms with E-state index < -0.39 is 0 Å². The van der Waals surface area contributed by atoms with Crippen LogP contribution in [0.4, 0.5) is 0 Å². The van der Waals surface area contributed by atoms with Crippen molar-refractivity contribution in [3.8, 4) is 5.75 Å². The fourth-order valence-corrected chi connectivity index (χ4v) is 3.39. The third-order valence-electron chi connectivity index (χ3n) is 4.25. The normalized spacial score (nSPS) is 15.7. The number of nitrogens with zero attached hydrogens (tertiary/aromatic N) is 3. The molecule has 26 heavy (non-hydrogen) atoms. The molecule has 8 heteroatoms. The molecule has 140 valence electrons. The number of aromatic nitrogens is 1. The number of carbonyl (C=O) groups is 1. The fraction of sp³-hybridized carbons (Fsp3) is 0.444. The van der Waals surface area contributed by atoms with Crippen LogP contribution in [-0.4, -0.2) is 53.6 Å². The van der Waals surface area contributed by atoms with Gasteiger partial charge in [-0.2, -0.15) is 0 Å². The Labute approximate surface area is 162 Å². The molecule has 2 heterocycles. The molecule has 0 unspecified atom stereocenters. The van der Waals surface area contributed by atoms with Gasteiger partial charge < -0.3 is 14.2 Å². The Morgan fingerprint density at radius 2 is 2.08 bits per heavy atom. The lowest BCUT2D eigenvalue weighted by Gasteiger charge is -2.21. The average Bonchev–Trinajstić information content (AvgIpc) is 2.87. The zero-order valence-electron chi connectivity index (χ0n) is 14.6. The molecule has 3 rings (SSSR count). The summed E-state index contributed by atoms with van der Waals surface area (Å²) in [6.45, 7) is 5.66. The van der Waals surface area contributed by atoms with E-state index in [1.165, 1.54) is 0 Å². The predicted molar refractivity (Wildman–Crippen MR) is 99.7 cm³/mol. The molecule has 0 aliphatic carbocycles. The predicted octanol–water partition coefficient (Wildman–Crippen LogP) is 3.40. The first-order chi connectivity index (χ1) is 12.5. The molecular formula is C18H21Cl2N3O3. The zero-order valence-corrected chi connectivity index (χ0v) is 16.1. The summed E-state index contributed by atoms with van der Waals surface area (Å²) in [4.78, 5) is 16.6. The van der Waals surface area contributed by atoms with E-state index in [1.54, 1.807) is 18.2 Å². The molecule has 6 nitrogen and oxygen atoms in total. The third kappa shape index (κ3) is 5.13. The number of halogens is 2. The molecular weight excluding hydrogens is 377 g/mol. The van der Waals surface area contributed by atoms with Crippen LogP contribution in [0.15, 0.2) is 28.8 Å². The summed E-state index contributed by atoms with van der Waals surface area (Å²) in [5.41, 5.74) is 0.919. The van der Waals surface area contributed by atoms with Crippen molar-refractivity contribution >= 4 is 29.1 Å². The van der Waals surface area contributed by atoms with Crippen molar-refractivity contribution in [2.75, 3.05) is 32.8 Å². The molecule has 0 bridgehead atoms. The Balaban J connectivity index is 1.49. The van der Waals surface area contributed by atoms with Crippen LogP contribution in [0.5, 0.6) is 5.75 Å². The SMILES string of the molecule is Cc1cc(CN2CCCN(C(=O)COc3ccc(Cl)cc3Cl)CC2)no1. The number of benzene rings is 1. The van der Waals surface area contributed by atoms with Gasteiger partial charge >= 0.3 is 0 Å². The van der Waals surface area contributed by atoms with Gasteiger partial charge in [-0.25, -0.2) is 0 Å². The maximum Gasteiger partial charge on any atom is 0.260 e. The van der Waals surface area contributed by atoms with Gasteiger partial charge in [0.15, 0.2) is 6.61 Å². The van der Waals surface area contributed by atoms with Crippen LogP contribution in [0.2, 0.25) is 10.0 Å². The first kappa shape index (κ1) is 19.0. The Morgan fingerprint density at radius 3 is 2.81 bits per heavy atom. The molecule has 0 radical (unpaired) electrons. The molecule has 1 aromatic heterocycles. The summed E-state index contributed by atoms with van der Waals surface area (Å²) >= 11 is 11.9. The number of ether oxygens (including phenoxy) is 1. The first-order valence-electron chi connectivity index (χ1n) is 8.51. The Hall–Kier alpha value is -1.76. The molecule has 2 aromatic rings. The van der Waals surface area contributed by atoms with Crippen molar-refractivity contribution in [2.45, 2.75) is 19.9 Å². The van der Waals surface area contributed by atoms with Gasteiger partial charge in [0.25, 0.3) is 5.91 Å². The monoisotopic (exact) mass is 397 g/mol. The summed E-state index contributed by atoms with van der Waals surface area (Å²) in [6.07, 6.45) is 0.907. The fourth-order valence-electron chi connectivity index (χ4n) is 2.92. The lowest BCUT2D eigenvalue weighted by atomic mass is 10.3. The summed E-state index contributed by atoms with van der Waals surface area (Å²) in [5.74, 6) is 1.22. The van der Waals surface area contributed by atoms with E-state index in [0.717, 1.165) is 37.5 Å². The van der Waals surface area contributed by atoms with E-state index in [0.29, 0.717) is 28.9 Å². The van der Waals surface area contributed by atoms with Crippen molar-refractivity contribution in [2.24, 2.45) is 0 Å². The second-order valence-electron chi connectivity index (χ2n) is 6.30. The van der Waals surface area contributed by atoms with E-state index in [-0.39, 0.29) is 12.5 Å². The van der Waals surface area contributed by atoms with Gasteiger partial charge in [-0.15, -0.1) is 0 Å². The summed E-state index contributed by atoms with van der Waals surface area (Å²) in [7, 11) is 0. The quantitative estimate of drug-likeness (QED) is 0.773. The largest absolute Gasteiger partial charge is 0.482 e. The second-order valence-corrected chi connectivity index (χ2v) is 7.15. The zero-order chi connectivity index (χ0) is 18.5. The number of hydrogen-bond acceptors (Lipinski definition) is 5. The van der Waals surface area contributed by atoms with E-state index >= 15 is 0 Å². The lowest BCUT2D eigenvalue weighted by molar-refractivity contribution is -0.133. The molecule has 1 fully saturated rings. The topological polar surface area (TPSA) is 58.8 Å². The molecule has 0 spiro atoms. The second kappa shape index (κ2) is 8.75. The highest BCUT2D eigenvalue weighted by atomic mass is 35.5. The smallest absolute Gasteiger partial charge is 0.260 e. The summed E-state index contributed by atoms with van der Waals surface area (Å²) in [6, 6.07) is 6.89. The van der Waals surface area contributed by atoms with Crippen LogP contribution in [0, 0.1) is 6.92 Å². The van der Waals surface area contributed by atoms with E-state index in [1.807, 2.05) is 17.9 Å². The minimum atomic E-state index is -0.0462. The van der Waals surface area contributed by atoms with Crippen LogP contribution >= 0.6 is 23.2 Å². The van der Waals surface area contributed by atoms with E-state index in [2.05, 4.69) is 10.1 Å². The van der Waals surface area contributed by atoms with Crippen molar-refractivity contribution < 1.29 is 14.1 Å². The highest BCUT2D eigenvalue weighted by Gasteiger charge is 2.20. The van der Waals surface area contributed by atoms with Gasteiger partial charge in [0.05, 0.1) is 10.7 Å². The Bertz CT molecular complexity index is 766. The van der Waals surface area contributed by atoms with Crippen molar-refractivity contribution in [1.29, 1.82) is 0 Å². The minimum absolute atomic E-state index is 0.0379. The molecule has 1 saturated heterocycles. The molecule has 0 N–H and O–H groups in total. The number of amides is 1. The standard InChI is InChI=1S/C18H21Cl2N3O3/c1-13-9-15(21-26-13)11-22-5-2-6-23(8-7-22)18(24)12-25-17-4-3-14(19)10-16(17)20/h3-4,9-10H,2,5-8,11-12H2,1H3. The molecule has 1 aliphatic heterocycles. The maximum atomic E-state index is 12.5. The van der Waals surface area contributed by atoms with Crippen LogP contribution in [0.25, 0.3) is 0 Å². The third-order valence-corrected chi connectivity index (χ3v) is 4.78. The van der Waals surface area contributed by atoms with Crippen LogP contribution in [-0.2, 0) is 11.3 Å².